The number of benzene rings is 1. The van der Waals surface area contributed by atoms with Gasteiger partial charge >= 0.3 is 12.1 Å². The van der Waals surface area contributed by atoms with Crippen molar-refractivity contribution in [2.45, 2.75) is 6.92 Å². The maximum absolute atomic E-state index is 13.2. The first-order chi connectivity index (χ1) is 9.04. The van der Waals surface area contributed by atoms with Crippen molar-refractivity contribution >= 4 is 11.9 Å². The summed E-state index contributed by atoms with van der Waals surface area (Å²) >= 11 is 0. The molecule has 0 saturated carbocycles. The second-order valence-corrected chi connectivity index (χ2v) is 3.69. The zero-order chi connectivity index (χ0) is 13.8. The molecule has 1 amide bonds. The van der Waals surface area contributed by atoms with E-state index in [1.54, 1.807) is 24.3 Å². The summed E-state index contributed by atoms with van der Waals surface area (Å²) in [6.45, 7) is 1.89. The van der Waals surface area contributed by atoms with Gasteiger partial charge in [-0.05, 0) is 19.1 Å². The lowest BCUT2D eigenvalue weighted by Crippen LogP contribution is -2.18. The number of hydrogen-bond donors (Lipinski definition) is 2. The Balaban J connectivity index is 2.05. The highest BCUT2D eigenvalue weighted by Crippen LogP contribution is 2.15. The van der Waals surface area contributed by atoms with Crippen molar-refractivity contribution < 1.29 is 19.0 Å². The smallest absolute Gasteiger partial charge is 0.418 e. The first kappa shape index (κ1) is 12.7. The SMILES string of the molecule is Cc1ccc(OC(=O)Nc2nc(O)ncc2F)cc1. The highest BCUT2D eigenvalue weighted by atomic mass is 19.1. The number of aromatic nitrogens is 2. The fraction of sp³-hybridized carbons (Fsp3) is 0.0833. The Bertz CT molecular complexity index is 602. The summed E-state index contributed by atoms with van der Waals surface area (Å²) in [6.07, 6.45) is -0.176. The second kappa shape index (κ2) is 5.30. The van der Waals surface area contributed by atoms with Gasteiger partial charge in [0, 0.05) is 0 Å². The molecule has 0 unspecified atom stereocenters. The molecule has 0 aliphatic carbocycles. The largest absolute Gasteiger partial charge is 0.479 e. The number of nitrogens with zero attached hydrogens (tertiary/aromatic N) is 2. The van der Waals surface area contributed by atoms with E-state index in [0.717, 1.165) is 11.8 Å². The fourth-order valence-corrected chi connectivity index (χ4v) is 1.28. The van der Waals surface area contributed by atoms with Crippen LogP contribution in [0.2, 0.25) is 0 Å². The molecular weight excluding hydrogens is 253 g/mol. The molecular formula is C12H10FN3O3. The molecule has 0 aliphatic heterocycles. The molecule has 2 aromatic rings. The summed E-state index contributed by atoms with van der Waals surface area (Å²) < 4.78 is 18.1. The molecule has 98 valence electrons. The Kier molecular flexibility index (Phi) is 3.56. The summed E-state index contributed by atoms with van der Waals surface area (Å²) in [4.78, 5) is 18.0. The fourth-order valence-electron chi connectivity index (χ4n) is 1.28. The Hall–Kier alpha value is -2.70. The Morgan fingerprint density at radius 3 is 2.74 bits per heavy atom. The third-order valence-corrected chi connectivity index (χ3v) is 2.18. The zero-order valence-electron chi connectivity index (χ0n) is 9.92. The van der Waals surface area contributed by atoms with E-state index >= 15 is 0 Å². The molecule has 0 radical (unpaired) electrons. The summed E-state index contributed by atoms with van der Waals surface area (Å²) in [5.41, 5.74) is 1.01. The van der Waals surface area contributed by atoms with Crippen molar-refractivity contribution in [3.05, 3.63) is 41.8 Å². The van der Waals surface area contributed by atoms with Gasteiger partial charge in [-0.25, -0.2) is 14.2 Å². The van der Waals surface area contributed by atoms with Crippen molar-refractivity contribution in [3.63, 3.8) is 0 Å². The van der Waals surface area contributed by atoms with Crippen molar-refractivity contribution in [2.75, 3.05) is 5.32 Å². The third kappa shape index (κ3) is 3.38. The molecule has 0 spiro atoms. The summed E-state index contributed by atoms with van der Waals surface area (Å²) in [7, 11) is 0. The Labute approximate surface area is 107 Å². The summed E-state index contributed by atoms with van der Waals surface area (Å²) in [5, 5.41) is 11.1. The maximum Gasteiger partial charge on any atom is 0.418 e. The molecule has 0 bridgehead atoms. The van der Waals surface area contributed by atoms with E-state index < -0.39 is 23.7 Å². The van der Waals surface area contributed by atoms with Crippen molar-refractivity contribution in [3.8, 4) is 11.8 Å². The minimum Gasteiger partial charge on any atom is -0.479 e. The molecule has 2 rings (SSSR count). The number of carbonyl (C=O) groups is 1. The maximum atomic E-state index is 13.2. The quantitative estimate of drug-likeness (QED) is 0.868. The normalized spacial score (nSPS) is 10.0. The predicted octanol–water partition coefficient (Wildman–Crippen LogP) is 2.24. The monoisotopic (exact) mass is 263 g/mol. The molecule has 1 aromatic heterocycles. The molecule has 6 nitrogen and oxygen atoms in total. The van der Waals surface area contributed by atoms with Crippen LogP contribution in [0.15, 0.2) is 30.5 Å². The molecule has 1 aromatic carbocycles. The number of nitrogens with one attached hydrogen (secondary N) is 1. The van der Waals surface area contributed by atoms with Crippen LogP contribution in [-0.2, 0) is 0 Å². The van der Waals surface area contributed by atoms with E-state index in [1.165, 1.54) is 0 Å². The number of aryl methyl sites for hydroxylation is 1. The van der Waals surface area contributed by atoms with E-state index in [2.05, 4.69) is 15.3 Å². The number of anilines is 1. The lowest BCUT2D eigenvalue weighted by Gasteiger charge is -2.06. The van der Waals surface area contributed by atoms with Crippen LogP contribution < -0.4 is 10.1 Å². The number of carbonyl (C=O) groups excluding carboxylic acids is 1. The average molecular weight is 263 g/mol. The average Bonchev–Trinajstić information content (AvgIpc) is 2.37. The van der Waals surface area contributed by atoms with Crippen LogP contribution in [-0.4, -0.2) is 21.2 Å². The summed E-state index contributed by atoms with van der Waals surface area (Å²) in [5.74, 6) is -1.02. The molecule has 7 heteroatoms. The molecule has 0 saturated heterocycles. The van der Waals surface area contributed by atoms with Gasteiger partial charge in [0.1, 0.15) is 5.75 Å². The van der Waals surface area contributed by atoms with Crippen molar-refractivity contribution in [2.24, 2.45) is 0 Å². The van der Waals surface area contributed by atoms with Gasteiger partial charge in [-0.2, -0.15) is 4.98 Å². The van der Waals surface area contributed by atoms with Gasteiger partial charge in [-0.1, -0.05) is 17.7 Å². The van der Waals surface area contributed by atoms with Gasteiger partial charge in [-0.15, -0.1) is 0 Å². The van der Waals surface area contributed by atoms with Crippen LogP contribution in [0.4, 0.5) is 15.0 Å². The van der Waals surface area contributed by atoms with E-state index in [0.29, 0.717) is 5.75 Å². The van der Waals surface area contributed by atoms with Crippen molar-refractivity contribution in [1.29, 1.82) is 0 Å². The van der Waals surface area contributed by atoms with Crippen LogP contribution in [0.1, 0.15) is 5.56 Å². The molecule has 19 heavy (non-hydrogen) atoms. The number of aromatic hydroxyl groups is 1. The summed E-state index contributed by atoms with van der Waals surface area (Å²) in [6, 6.07) is 6.08. The Morgan fingerprint density at radius 1 is 1.37 bits per heavy atom. The van der Waals surface area contributed by atoms with Crippen LogP contribution in [0.3, 0.4) is 0 Å². The van der Waals surface area contributed by atoms with Crippen LogP contribution in [0.25, 0.3) is 0 Å². The number of ether oxygens (including phenoxy) is 1. The molecule has 0 atom stereocenters. The minimum absolute atomic E-state index is 0.307. The van der Waals surface area contributed by atoms with E-state index in [-0.39, 0.29) is 0 Å². The van der Waals surface area contributed by atoms with Gasteiger partial charge in [0.15, 0.2) is 11.6 Å². The van der Waals surface area contributed by atoms with E-state index in [9.17, 15) is 9.18 Å². The van der Waals surface area contributed by atoms with E-state index in [1.807, 2.05) is 6.92 Å². The van der Waals surface area contributed by atoms with Crippen LogP contribution in [0, 0.1) is 12.7 Å². The number of amides is 1. The standard InChI is InChI=1S/C12H10FN3O3/c1-7-2-4-8(5-3-7)19-12(18)16-10-9(13)6-14-11(17)15-10/h2-6H,1H3,(H2,14,15,16,17,18). The van der Waals surface area contributed by atoms with Gasteiger partial charge in [0.05, 0.1) is 6.20 Å². The highest BCUT2D eigenvalue weighted by Gasteiger charge is 2.11. The number of hydrogen-bond acceptors (Lipinski definition) is 5. The topological polar surface area (TPSA) is 84.3 Å². The lowest BCUT2D eigenvalue weighted by molar-refractivity contribution is 0.215. The first-order valence-electron chi connectivity index (χ1n) is 5.31. The van der Waals surface area contributed by atoms with Crippen molar-refractivity contribution in [1.82, 2.24) is 9.97 Å². The molecule has 0 aliphatic rings. The van der Waals surface area contributed by atoms with Crippen LogP contribution in [0.5, 0.6) is 11.8 Å². The minimum atomic E-state index is -0.916. The van der Waals surface area contributed by atoms with Gasteiger partial charge in [0.2, 0.25) is 0 Å². The van der Waals surface area contributed by atoms with Gasteiger partial charge in [-0.3, -0.25) is 5.32 Å². The molecule has 1 heterocycles. The van der Waals surface area contributed by atoms with Gasteiger partial charge < -0.3 is 9.84 Å². The zero-order valence-corrected chi connectivity index (χ0v) is 9.92. The first-order valence-corrected chi connectivity index (χ1v) is 5.31. The van der Waals surface area contributed by atoms with Gasteiger partial charge in [0.25, 0.3) is 0 Å². The second-order valence-electron chi connectivity index (χ2n) is 3.69. The number of halogens is 1. The Morgan fingerprint density at radius 2 is 2.05 bits per heavy atom. The third-order valence-electron chi connectivity index (χ3n) is 2.18. The van der Waals surface area contributed by atoms with E-state index in [4.69, 9.17) is 9.84 Å². The lowest BCUT2D eigenvalue weighted by atomic mass is 10.2. The molecule has 2 N–H and O–H groups in total. The molecule has 0 fully saturated rings. The van der Waals surface area contributed by atoms with Crippen LogP contribution >= 0.6 is 0 Å². The highest BCUT2D eigenvalue weighted by molar-refractivity contribution is 5.85. The predicted molar refractivity (Wildman–Crippen MR) is 64.5 cm³/mol. The number of rotatable bonds is 2.